The highest BCUT2D eigenvalue weighted by Gasteiger charge is 2.68. The van der Waals surface area contributed by atoms with Crippen LogP contribution in [0, 0.1) is 28.6 Å². The van der Waals surface area contributed by atoms with Crippen molar-refractivity contribution in [3.63, 3.8) is 0 Å². The van der Waals surface area contributed by atoms with Crippen LogP contribution in [0.3, 0.4) is 0 Å². The fourth-order valence-corrected chi connectivity index (χ4v) is 6.78. The molecule has 1 aliphatic heterocycles. The van der Waals surface area contributed by atoms with Gasteiger partial charge in [0.1, 0.15) is 6.10 Å². The third kappa shape index (κ3) is 1.48. The van der Waals surface area contributed by atoms with Crippen molar-refractivity contribution < 1.29 is 14.6 Å². The summed E-state index contributed by atoms with van der Waals surface area (Å²) in [7, 11) is 0. The number of hydrogen-bond donors (Lipinski definition) is 1. The molecule has 3 heteroatoms. The second-order valence-corrected chi connectivity index (χ2v) is 8.93. The van der Waals surface area contributed by atoms with Gasteiger partial charge in [0.25, 0.3) is 0 Å². The molecule has 8 atom stereocenters. The molecule has 0 aromatic rings. The minimum Gasteiger partial charge on any atom is -0.393 e. The van der Waals surface area contributed by atoms with Crippen molar-refractivity contribution in [2.24, 2.45) is 28.6 Å². The monoisotopic (exact) mass is 302 g/mol. The topological polar surface area (TPSA) is 49.8 Å². The molecule has 0 amide bonds. The van der Waals surface area contributed by atoms with Crippen LogP contribution in [0.4, 0.5) is 0 Å². The van der Waals surface area contributed by atoms with E-state index in [0.717, 1.165) is 25.7 Å². The molecule has 22 heavy (non-hydrogen) atoms. The van der Waals surface area contributed by atoms with E-state index in [0.29, 0.717) is 30.3 Å². The van der Waals surface area contributed by atoms with Gasteiger partial charge in [0.05, 0.1) is 12.2 Å². The van der Waals surface area contributed by atoms with E-state index in [1.807, 2.05) is 6.08 Å². The number of carbonyl (C=O) groups excluding carboxylic acids is 1. The molecule has 0 spiro atoms. The molecule has 0 aromatic heterocycles. The molecular formula is C19H26O3. The lowest BCUT2D eigenvalue weighted by Gasteiger charge is -2.56. The average molecular weight is 302 g/mol. The first-order valence-corrected chi connectivity index (χ1v) is 9.03. The Morgan fingerprint density at radius 2 is 2.00 bits per heavy atom. The summed E-state index contributed by atoms with van der Waals surface area (Å²) in [6, 6.07) is 0. The van der Waals surface area contributed by atoms with Crippen LogP contribution in [0.2, 0.25) is 0 Å². The zero-order valence-corrected chi connectivity index (χ0v) is 13.5. The van der Waals surface area contributed by atoms with Gasteiger partial charge >= 0.3 is 0 Å². The molecule has 3 nitrogen and oxygen atoms in total. The Kier molecular flexibility index (Phi) is 2.53. The maximum atomic E-state index is 11.9. The van der Waals surface area contributed by atoms with E-state index in [2.05, 4.69) is 13.8 Å². The third-order valence-corrected chi connectivity index (χ3v) is 8.18. The molecule has 1 N–H and O–H groups in total. The van der Waals surface area contributed by atoms with Gasteiger partial charge < -0.3 is 9.84 Å². The number of ketones is 1. The second-order valence-electron chi connectivity index (χ2n) is 8.93. The molecule has 4 fully saturated rings. The average Bonchev–Trinajstić information content (AvgIpc) is 3.22. The van der Waals surface area contributed by atoms with E-state index >= 15 is 0 Å². The Morgan fingerprint density at radius 1 is 1.18 bits per heavy atom. The van der Waals surface area contributed by atoms with Gasteiger partial charge in [0.15, 0.2) is 5.78 Å². The van der Waals surface area contributed by atoms with Crippen LogP contribution >= 0.6 is 0 Å². The zero-order chi connectivity index (χ0) is 15.3. The third-order valence-electron chi connectivity index (χ3n) is 8.18. The van der Waals surface area contributed by atoms with Crippen LogP contribution in [0.1, 0.15) is 52.4 Å². The van der Waals surface area contributed by atoms with Gasteiger partial charge in [-0.1, -0.05) is 13.8 Å². The van der Waals surface area contributed by atoms with Crippen LogP contribution in [0.25, 0.3) is 0 Å². The standard InChI is InChI=1S/C19H26O3/c1-18-7-5-10(20)9-13(18)16-17(22-16)15-11-3-4-14(21)19(11,2)8-6-12(15)18/h9,11-12,14-17,21H,3-8H2,1-2H3/t11-,12-,14-,15-,16-,17+,18+,19-/m0/s1. The SMILES string of the molecule is C[C@]12CC[C@H]3[C@@H]([C@H]4O[C@H]4C4=CC(=O)CC[C@@]43C)[C@@H]1CC[C@@H]2O. The highest BCUT2D eigenvalue weighted by atomic mass is 16.6. The highest BCUT2D eigenvalue weighted by Crippen LogP contribution is 2.69. The summed E-state index contributed by atoms with van der Waals surface area (Å²) in [5.74, 6) is 2.12. The number of ether oxygens (including phenoxy) is 1. The predicted octanol–water partition coefficient (Wildman–Crippen LogP) is 2.87. The van der Waals surface area contributed by atoms with E-state index in [-0.39, 0.29) is 28.8 Å². The van der Waals surface area contributed by atoms with Crippen LogP contribution in [0.5, 0.6) is 0 Å². The van der Waals surface area contributed by atoms with Crippen molar-refractivity contribution in [2.45, 2.75) is 70.7 Å². The van der Waals surface area contributed by atoms with E-state index in [1.165, 1.54) is 12.0 Å². The Morgan fingerprint density at radius 3 is 2.82 bits per heavy atom. The molecule has 5 aliphatic rings. The number of aliphatic hydroxyl groups excluding tert-OH is 1. The molecule has 0 unspecified atom stereocenters. The number of fused-ring (bicyclic) bond motifs is 8. The summed E-state index contributed by atoms with van der Waals surface area (Å²) < 4.78 is 6.12. The van der Waals surface area contributed by atoms with E-state index in [1.54, 1.807) is 0 Å². The fourth-order valence-electron chi connectivity index (χ4n) is 6.78. The van der Waals surface area contributed by atoms with Crippen molar-refractivity contribution in [1.82, 2.24) is 0 Å². The van der Waals surface area contributed by atoms with Crippen molar-refractivity contribution in [3.8, 4) is 0 Å². The van der Waals surface area contributed by atoms with Crippen LogP contribution < -0.4 is 0 Å². The van der Waals surface area contributed by atoms with Gasteiger partial charge in [-0.05, 0) is 72.3 Å². The number of aliphatic hydroxyl groups is 1. The van der Waals surface area contributed by atoms with Crippen LogP contribution in [-0.2, 0) is 9.53 Å². The normalized spacial score (nSPS) is 59.0. The number of hydrogen-bond acceptors (Lipinski definition) is 3. The summed E-state index contributed by atoms with van der Waals surface area (Å²) in [6.45, 7) is 4.69. The first-order valence-electron chi connectivity index (χ1n) is 9.03. The van der Waals surface area contributed by atoms with Crippen molar-refractivity contribution in [2.75, 3.05) is 0 Å². The van der Waals surface area contributed by atoms with Crippen LogP contribution in [-0.4, -0.2) is 29.2 Å². The number of rotatable bonds is 0. The van der Waals surface area contributed by atoms with Crippen molar-refractivity contribution in [3.05, 3.63) is 11.6 Å². The second kappa shape index (κ2) is 4.05. The van der Waals surface area contributed by atoms with Gasteiger partial charge in [-0.25, -0.2) is 0 Å². The first-order chi connectivity index (χ1) is 10.4. The Bertz CT molecular complexity index is 581. The zero-order valence-electron chi connectivity index (χ0n) is 13.5. The number of carbonyl (C=O) groups is 1. The smallest absolute Gasteiger partial charge is 0.155 e. The quantitative estimate of drug-likeness (QED) is 0.700. The summed E-state index contributed by atoms with van der Waals surface area (Å²) in [5.41, 5.74) is 1.56. The number of epoxide rings is 1. The minimum atomic E-state index is -0.131. The molecule has 4 aliphatic carbocycles. The van der Waals surface area contributed by atoms with E-state index in [4.69, 9.17) is 4.74 Å². The van der Waals surface area contributed by atoms with E-state index < -0.39 is 0 Å². The Labute approximate surface area is 132 Å². The summed E-state index contributed by atoms with van der Waals surface area (Å²) >= 11 is 0. The molecule has 3 saturated carbocycles. The minimum absolute atomic E-state index is 0.0970. The highest BCUT2D eigenvalue weighted by molar-refractivity contribution is 5.92. The van der Waals surface area contributed by atoms with Gasteiger partial charge in [-0.15, -0.1) is 0 Å². The van der Waals surface area contributed by atoms with Gasteiger partial charge in [0, 0.05) is 6.42 Å². The lowest BCUT2D eigenvalue weighted by Crippen LogP contribution is -2.54. The molecule has 5 rings (SSSR count). The van der Waals surface area contributed by atoms with Crippen LogP contribution in [0.15, 0.2) is 11.6 Å². The van der Waals surface area contributed by atoms with Crippen molar-refractivity contribution in [1.29, 1.82) is 0 Å². The van der Waals surface area contributed by atoms with Gasteiger partial charge in [0.2, 0.25) is 0 Å². The largest absolute Gasteiger partial charge is 0.393 e. The molecule has 0 aromatic carbocycles. The van der Waals surface area contributed by atoms with E-state index in [9.17, 15) is 9.90 Å². The summed E-state index contributed by atoms with van der Waals surface area (Å²) in [5, 5.41) is 10.5. The molecule has 0 radical (unpaired) electrons. The molecule has 1 heterocycles. The van der Waals surface area contributed by atoms with Gasteiger partial charge in [-0.2, -0.15) is 0 Å². The lowest BCUT2D eigenvalue weighted by atomic mass is 9.47. The molecule has 120 valence electrons. The Balaban J connectivity index is 1.58. The maximum absolute atomic E-state index is 11.9. The Hall–Kier alpha value is -0.670. The first kappa shape index (κ1) is 13.7. The summed E-state index contributed by atoms with van der Waals surface area (Å²) in [4.78, 5) is 11.9. The molecule has 0 bridgehead atoms. The van der Waals surface area contributed by atoms with Crippen molar-refractivity contribution >= 4 is 5.78 Å². The lowest BCUT2D eigenvalue weighted by molar-refractivity contribution is -0.117. The fraction of sp³-hybridized carbons (Fsp3) is 0.842. The maximum Gasteiger partial charge on any atom is 0.155 e. The van der Waals surface area contributed by atoms with Gasteiger partial charge in [-0.3, -0.25) is 4.79 Å². The molecule has 1 saturated heterocycles. The predicted molar refractivity (Wildman–Crippen MR) is 82.1 cm³/mol. The molecular weight excluding hydrogens is 276 g/mol. The summed E-state index contributed by atoms with van der Waals surface area (Å²) in [6.07, 6.45) is 8.44.